The van der Waals surface area contributed by atoms with Gasteiger partial charge >= 0.3 is 0 Å². The first kappa shape index (κ1) is 15.1. The third kappa shape index (κ3) is 3.07. The summed E-state index contributed by atoms with van der Waals surface area (Å²) in [5, 5.41) is 0. The van der Waals surface area contributed by atoms with Crippen LogP contribution in [-0.2, 0) is 12.8 Å². The van der Waals surface area contributed by atoms with Crippen LogP contribution < -0.4 is 10.5 Å². The van der Waals surface area contributed by atoms with E-state index in [-0.39, 0.29) is 5.78 Å². The van der Waals surface area contributed by atoms with Crippen LogP contribution in [-0.4, -0.2) is 12.9 Å². The molecule has 2 rings (SSSR count). The first-order valence-corrected chi connectivity index (χ1v) is 7.20. The maximum Gasteiger partial charge on any atom is 0.196 e. The lowest BCUT2D eigenvalue weighted by Crippen LogP contribution is -2.06. The number of nitrogen functional groups attached to an aromatic ring is 1. The van der Waals surface area contributed by atoms with Crippen molar-refractivity contribution in [1.29, 1.82) is 0 Å². The number of ketones is 1. The summed E-state index contributed by atoms with van der Waals surface area (Å²) in [7, 11) is 1.54. The zero-order valence-corrected chi connectivity index (χ0v) is 12.8. The van der Waals surface area contributed by atoms with E-state index < -0.39 is 0 Å². The number of anilines is 1. The average molecular weight is 283 g/mol. The van der Waals surface area contributed by atoms with Crippen molar-refractivity contribution >= 4 is 11.5 Å². The molecular formula is C18H21NO2. The molecule has 0 aliphatic heterocycles. The number of methoxy groups -OCH3 is 1. The molecule has 0 heterocycles. The molecule has 2 aromatic rings. The quantitative estimate of drug-likeness (QED) is 0.673. The average Bonchev–Trinajstić information content (AvgIpc) is 2.53. The van der Waals surface area contributed by atoms with E-state index >= 15 is 0 Å². The van der Waals surface area contributed by atoms with E-state index in [4.69, 9.17) is 10.5 Å². The van der Waals surface area contributed by atoms with Gasteiger partial charge in [-0.25, -0.2) is 0 Å². The topological polar surface area (TPSA) is 52.3 Å². The highest BCUT2D eigenvalue weighted by Gasteiger charge is 2.15. The van der Waals surface area contributed by atoms with Gasteiger partial charge in [-0.3, -0.25) is 4.79 Å². The Morgan fingerprint density at radius 2 is 1.76 bits per heavy atom. The van der Waals surface area contributed by atoms with Crippen LogP contribution in [0.15, 0.2) is 36.4 Å². The summed E-state index contributed by atoms with van der Waals surface area (Å²) < 4.78 is 5.27. The van der Waals surface area contributed by atoms with Crippen LogP contribution in [0.5, 0.6) is 5.75 Å². The van der Waals surface area contributed by atoms with Gasteiger partial charge in [0.05, 0.1) is 12.7 Å². The van der Waals surface area contributed by atoms with Crippen molar-refractivity contribution in [2.24, 2.45) is 0 Å². The van der Waals surface area contributed by atoms with Gasteiger partial charge in [0, 0.05) is 17.3 Å². The van der Waals surface area contributed by atoms with E-state index in [0.717, 1.165) is 12.8 Å². The SMILES string of the molecule is CCc1ccc(C(=O)c2ccc(N)cc2OC)cc1CC. The molecule has 0 amide bonds. The predicted octanol–water partition coefficient (Wildman–Crippen LogP) is 3.63. The summed E-state index contributed by atoms with van der Waals surface area (Å²) in [5.74, 6) is 0.474. The molecule has 0 saturated carbocycles. The van der Waals surface area contributed by atoms with E-state index in [0.29, 0.717) is 22.6 Å². The van der Waals surface area contributed by atoms with E-state index in [1.807, 2.05) is 18.2 Å². The first-order valence-electron chi connectivity index (χ1n) is 7.20. The molecule has 2 N–H and O–H groups in total. The summed E-state index contributed by atoms with van der Waals surface area (Å²) in [4.78, 5) is 12.7. The largest absolute Gasteiger partial charge is 0.496 e. The molecule has 0 atom stereocenters. The molecule has 0 fully saturated rings. The summed E-state index contributed by atoms with van der Waals surface area (Å²) in [6.45, 7) is 4.23. The van der Waals surface area contributed by atoms with Gasteiger partial charge in [-0.15, -0.1) is 0 Å². The van der Waals surface area contributed by atoms with E-state index in [9.17, 15) is 4.79 Å². The molecule has 0 bridgehead atoms. The number of ether oxygens (including phenoxy) is 1. The maximum atomic E-state index is 12.7. The van der Waals surface area contributed by atoms with Gasteiger partial charge < -0.3 is 10.5 Å². The Hall–Kier alpha value is -2.29. The molecule has 0 radical (unpaired) electrons. The predicted molar refractivity (Wildman–Crippen MR) is 86.0 cm³/mol. The van der Waals surface area contributed by atoms with Gasteiger partial charge in [-0.05, 0) is 42.2 Å². The van der Waals surface area contributed by atoms with Crippen molar-refractivity contribution in [2.75, 3.05) is 12.8 Å². The summed E-state index contributed by atoms with van der Waals surface area (Å²) >= 11 is 0. The third-order valence-electron chi connectivity index (χ3n) is 3.70. The van der Waals surface area contributed by atoms with Crippen molar-refractivity contribution in [1.82, 2.24) is 0 Å². The fourth-order valence-electron chi connectivity index (χ4n) is 2.49. The smallest absolute Gasteiger partial charge is 0.196 e. The molecule has 3 nitrogen and oxygen atoms in total. The van der Waals surface area contributed by atoms with E-state index in [1.165, 1.54) is 11.1 Å². The monoisotopic (exact) mass is 283 g/mol. The number of benzene rings is 2. The van der Waals surface area contributed by atoms with Crippen LogP contribution in [0.2, 0.25) is 0 Å². The van der Waals surface area contributed by atoms with Gasteiger partial charge in [0.15, 0.2) is 5.78 Å². The molecule has 110 valence electrons. The molecule has 0 unspecified atom stereocenters. The highest BCUT2D eigenvalue weighted by molar-refractivity contribution is 6.11. The highest BCUT2D eigenvalue weighted by atomic mass is 16.5. The zero-order valence-electron chi connectivity index (χ0n) is 12.8. The minimum atomic E-state index is -0.0378. The Labute approximate surface area is 125 Å². The van der Waals surface area contributed by atoms with Gasteiger partial charge in [0.25, 0.3) is 0 Å². The first-order chi connectivity index (χ1) is 10.1. The van der Waals surface area contributed by atoms with Gasteiger partial charge in [0.1, 0.15) is 5.75 Å². The normalized spacial score (nSPS) is 10.4. The molecule has 3 heteroatoms. The highest BCUT2D eigenvalue weighted by Crippen LogP contribution is 2.25. The van der Waals surface area contributed by atoms with Crippen LogP contribution >= 0.6 is 0 Å². The van der Waals surface area contributed by atoms with Crippen molar-refractivity contribution in [3.63, 3.8) is 0 Å². The van der Waals surface area contributed by atoms with Crippen molar-refractivity contribution in [3.05, 3.63) is 58.7 Å². The fourth-order valence-corrected chi connectivity index (χ4v) is 2.49. The molecule has 2 aromatic carbocycles. The Morgan fingerprint density at radius 3 is 2.38 bits per heavy atom. The fraction of sp³-hybridized carbons (Fsp3) is 0.278. The lowest BCUT2D eigenvalue weighted by molar-refractivity contribution is 0.103. The Kier molecular flexibility index (Phi) is 4.63. The molecule has 0 saturated heterocycles. The van der Waals surface area contributed by atoms with Crippen LogP contribution in [0, 0.1) is 0 Å². The second kappa shape index (κ2) is 6.44. The maximum absolute atomic E-state index is 12.7. The van der Waals surface area contributed by atoms with Gasteiger partial charge in [-0.1, -0.05) is 26.0 Å². The van der Waals surface area contributed by atoms with Crippen molar-refractivity contribution < 1.29 is 9.53 Å². The van der Waals surface area contributed by atoms with Crippen LogP contribution in [0.4, 0.5) is 5.69 Å². The Balaban J connectivity index is 2.45. The lowest BCUT2D eigenvalue weighted by Gasteiger charge is -2.11. The standard InChI is InChI=1S/C18H21NO2/c1-4-12-6-7-14(10-13(12)5-2)18(20)16-9-8-15(19)11-17(16)21-3/h6-11H,4-5,19H2,1-3H3. The third-order valence-corrected chi connectivity index (χ3v) is 3.70. The Morgan fingerprint density at radius 1 is 1.05 bits per heavy atom. The lowest BCUT2D eigenvalue weighted by atomic mass is 9.95. The second-order valence-corrected chi connectivity index (χ2v) is 4.98. The molecular weight excluding hydrogens is 262 g/mol. The van der Waals surface area contributed by atoms with E-state index in [2.05, 4.69) is 13.8 Å². The number of hydrogen-bond acceptors (Lipinski definition) is 3. The summed E-state index contributed by atoms with van der Waals surface area (Å²) in [6.07, 6.45) is 1.89. The summed E-state index contributed by atoms with van der Waals surface area (Å²) in [5.41, 5.74) is 10.1. The Bertz CT molecular complexity index is 662. The zero-order chi connectivity index (χ0) is 15.4. The minimum Gasteiger partial charge on any atom is -0.496 e. The summed E-state index contributed by atoms with van der Waals surface area (Å²) in [6, 6.07) is 11.0. The van der Waals surface area contributed by atoms with Gasteiger partial charge in [0.2, 0.25) is 0 Å². The van der Waals surface area contributed by atoms with Gasteiger partial charge in [-0.2, -0.15) is 0 Å². The van der Waals surface area contributed by atoms with Crippen LogP contribution in [0.25, 0.3) is 0 Å². The molecule has 0 aliphatic rings. The second-order valence-electron chi connectivity index (χ2n) is 4.98. The van der Waals surface area contributed by atoms with Crippen molar-refractivity contribution in [2.45, 2.75) is 26.7 Å². The van der Waals surface area contributed by atoms with Crippen molar-refractivity contribution in [3.8, 4) is 5.75 Å². The number of nitrogens with two attached hydrogens (primary N) is 1. The molecule has 0 aromatic heterocycles. The number of rotatable bonds is 5. The van der Waals surface area contributed by atoms with E-state index in [1.54, 1.807) is 25.3 Å². The minimum absolute atomic E-state index is 0.0378. The molecule has 21 heavy (non-hydrogen) atoms. The number of aryl methyl sites for hydroxylation is 2. The number of carbonyl (C=O) groups is 1. The van der Waals surface area contributed by atoms with Crippen LogP contribution in [0.3, 0.4) is 0 Å². The molecule has 0 spiro atoms. The number of hydrogen-bond donors (Lipinski definition) is 1. The molecule has 0 aliphatic carbocycles. The number of carbonyl (C=O) groups excluding carboxylic acids is 1. The van der Waals surface area contributed by atoms with Crippen LogP contribution in [0.1, 0.15) is 40.9 Å².